The van der Waals surface area contributed by atoms with E-state index in [1.807, 2.05) is 48.5 Å². The number of benzene rings is 1. The van der Waals surface area contributed by atoms with Crippen molar-refractivity contribution in [3.8, 4) is 23.0 Å². The third kappa shape index (κ3) is 2.04. The molecule has 0 radical (unpaired) electrons. The number of hydrogen-bond acceptors (Lipinski definition) is 4. The van der Waals surface area contributed by atoms with Crippen molar-refractivity contribution in [2.24, 2.45) is 0 Å². The fourth-order valence-corrected chi connectivity index (χ4v) is 2.76. The van der Waals surface area contributed by atoms with Crippen LogP contribution in [0, 0.1) is 0 Å². The van der Waals surface area contributed by atoms with Gasteiger partial charge >= 0.3 is 0 Å². The summed E-state index contributed by atoms with van der Waals surface area (Å²) in [6.07, 6.45) is 3.51. The molecule has 0 aliphatic carbocycles. The number of nitrogens with one attached hydrogen (secondary N) is 2. The normalized spacial score (nSPS) is 11.3. The van der Waals surface area contributed by atoms with Crippen molar-refractivity contribution in [1.29, 1.82) is 0 Å². The monoisotopic (exact) mass is 312 g/mol. The maximum absolute atomic E-state index is 4.63. The summed E-state index contributed by atoms with van der Waals surface area (Å²) in [4.78, 5) is 24.5. The SMILES string of the molecule is c1ccc(-c2nc3cc4nc(-c5ccccn5)[nH]c4cc3[nH]2)nc1. The molecule has 0 unspecified atom stereocenters. The molecule has 6 heteroatoms. The summed E-state index contributed by atoms with van der Waals surface area (Å²) in [6, 6.07) is 15.5. The number of pyridine rings is 2. The molecule has 2 N–H and O–H groups in total. The zero-order chi connectivity index (χ0) is 15.9. The van der Waals surface area contributed by atoms with E-state index in [1.165, 1.54) is 0 Å². The van der Waals surface area contributed by atoms with Crippen molar-refractivity contribution in [3.63, 3.8) is 0 Å². The minimum Gasteiger partial charge on any atom is -0.337 e. The molecule has 0 aliphatic rings. The van der Waals surface area contributed by atoms with E-state index >= 15 is 0 Å². The van der Waals surface area contributed by atoms with Crippen molar-refractivity contribution in [2.45, 2.75) is 0 Å². The lowest BCUT2D eigenvalue weighted by atomic mass is 10.3. The van der Waals surface area contributed by atoms with Crippen molar-refractivity contribution in [3.05, 3.63) is 60.9 Å². The quantitative estimate of drug-likeness (QED) is 0.522. The molecule has 4 heterocycles. The standard InChI is InChI=1S/C18H12N6/c1-3-7-19-11(5-1)17-21-13-9-15-16(10-14(13)22-17)24-18(23-15)12-6-2-4-8-20-12/h1-10H,(H,21,22)(H,23,24). The van der Waals surface area contributed by atoms with Gasteiger partial charge in [-0.2, -0.15) is 0 Å². The number of H-pyrrole nitrogens is 2. The van der Waals surface area contributed by atoms with Gasteiger partial charge < -0.3 is 9.97 Å². The summed E-state index contributed by atoms with van der Waals surface area (Å²) >= 11 is 0. The van der Waals surface area contributed by atoms with E-state index in [1.54, 1.807) is 12.4 Å². The van der Waals surface area contributed by atoms with E-state index in [0.29, 0.717) is 0 Å². The van der Waals surface area contributed by atoms with Gasteiger partial charge in [-0.1, -0.05) is 12.1 Å². The van der Waals surface area contributed by atoms with E-state index in [9.17, 15) is 0 Å². The van der Waals surface area contributed by atoms with Gasteiger partial charge in [-0.3, -0.25) is 9.97 Å². The molecule has 6 nitrogen and oxygen atoms in total. The summed E-state index contributed by atoms with van der Waals surface area (Å²) in [6.45, 7) is 0. The van der Waals surface area contributed by atoms with Crippen molar-refractivity contribution >= 4 is 22.1 Å². The lowest BCUT2D eigenvalue weighted by Gasteiger charge is -1.92. The van der Waals surface area contributed by atoms with Gasteiger partial charge in [-0.15, -0.1) is 0 Å². The minimum atomic E-state index is 0.753. The molecular weight excluding hydrogens is 300 g/mol. The van der Waals surface area contributed by atoms with Crippen LogP contribution in [0.4, 0.5) is 0 Å². The molecule has 24 heavy (non-hydrogen) atoms. The zero-order valence-corrected chi connectivity index (χ0v) is 12.6. The molecule has 0 saturated carbocycles. The maximum Gasteiger partial charge on any atom is 0.157 e. The number of fused-ring (bicyclic) bond motifs is 2. The highest BCUT2D eigenvalue weighted by atomic mass is 15.0. The van der Waals surface area contributed by atoms with E-state index in [4.69, 9.17) is 0 Å². The first-order valence-electron chi connectivity index (χ1n) is 7.59. The molecule has 0 bridgehead atoms. The predicted octanol–water partition coefficient (Wildman–Crippen LogP) is 3.56. The Labute approximate surface area is 136 Å². The van der Waals surface area contributed by atoms with Crippen LogP contribution in [-0.4, -0.2) is 29.9 Å². The summed E-state index contributed by atoms with van der Waals surface area (Å²) in [5.41, 5.74) is 5.25. The van der Waals surface area contributed by atoms with Crippen LogP contribution >= 0.6 is 0 Å². The Bertz CT molecular complexity index is 1000. The molecule has 0 fully saturated rings. The molecule has 5 aromatic rings. The molecule has 4 aromatic heterocycles. The predicted molar refractivity (Wildman–Crippen MR) is 92.2 cm³/mol. The summed E-state index contributed by atoms with van der Waals surface area (Å²) < 4.78 is 0. The van der Waals surface area contributed by atoms with Crippen LogP contribution in [-0.2, 0) is 0 Å². The molecule has 0 saturated heterocycles. The Morgan fingerprint density at radius 1 is 0.625 bits per heavy atom. The smallest absolute Gasteiger partial charge is 0.157 e. The second-order valence-electron chi connectivity index (χ2n) is 5.49. The number of aromatic nitrogens is 6. The van der Waals surface area contributed by atoms with Crippen LogP contribution in [0.3, 0.4) is 0 Å². The Morgan fingerprint density at radius 3 is 1.62 bits per heavy atom. The van der Waals surface area contributed by atoms with Gasteiger partial charge in [0.15, 0.2) is 11.6 Å². The Balaban J connectivity index is 1.65. The Morgan fingerprint density at radius 2 is 1.17 bits per heavy atom. The summed E-state index contributed by atoms with van der Waals surface area (Å²) in [5, 5.41) is 0. The van der Waals surface area contributed by atoms with Crippen LogP contribution in [0.25, 0.3) is 45.1 Å². The van der Waals surface area contributed by atoms with E-state index < -0.39 is 0 Å². The van der Waals surface area contributed by atoms with Crippen LogP contribution in [0.2, 0.25) is 0 Å². The highest BCUT2D eigenvalue weighted by molar-refractivity contribution is 5.93. The van der Waals surface area contributed by atoms with Gasteiger partial charge in [-0.25, -0.2) is 9.97 Å². The Hall–Kier alpha value is -3.54. The lowest BCUT2D eigenvalue weighted by Crippen LogP contribution is -1.83. The van der Waals surface area contributed by atoms with E-state index in [0.717, 1.165) is 45.1 Å². The molecular formula is C18H12N6. The molecule has 0 amide bonds. The van der Waals surface area contributed by atoms with Crippen LogP contribution in [0.5, 0.6) is 0 Å². The fraction of sp³-hybridized carbons (Fsp3) is 0. The topological polar surface area (TPSA) is 83.1 Å². The van der Waals surface area contributed by atoms with Gasteiger partial charge in [0, 0.05) is 12.4 Å². The average molecular weight is 312 g/mol. The van der Waals surface area contributed by atoms with Crippen molar-refractivity contribution in [1.82, 2.24) is 29.9 Å². The third-order valence-electron chi connectivity index (χ3n) is 3.90. The van der Waals surface area contributed by atoms with Crippen LogP contribution in [0.1, 0.15) is 0 Å². The first kappa shape index (κ1) is 13.0. The second kappa shape index (κ2) is 4.99. The van der Waals surface area contributed by atoms with Crippen LogP contribution < -0.4 is 0 Å². The van der Waals surface area contributed by atoms with Crippen molar-refractivity contribution < 1.29 is 0 Å². The maximum atomic E-state index is 4.63. The zero-order valence-electron chi connectivity index (χ0n) is 12.6. The first-order chi connectivity index (χ1) is 11.9. The van der Waals surface area contributed by atoms with Gasteiger partial charge in [-0.05, 0) is 36.4 Å². The van der Waals surface area contributed by atoms with Gasteiger partial charge in [0.05, 0.1) is 22.1 Å². The molecule has 5 rings (SSSR count). The molecule has 114 valence electrons. The van der Waals surface area contributed by atoms with E-state index in [-0.39, 0.29) is 0 Å². The molecule has 0 aliphatic heterocycles. The molecule has 0 atom stereocenters. The van der Waals surface area contributed by atoms with Crippen molar-refractivity contribution in [2.75, 3.05) is 0 Å². The van der Waals surface area contributed by atoms with Crippen LogP contribution in [0.15, 0.2) is 60.9 Å². The molecule has 1 aromatic carbocycles. The number of hydrogen-bond donors (Lipinski definition) is 2. The lowest BCUT2D eigenvalue weighted by molar-refractivity contribution is 1.23. The second-order valence-corrected chi connectivity index (χ2v) is 5.49. The highest BCUT2D eigenvalue weighted by Gasteiger charge is 2.11. The largest absolute Gasteiger partial charge is 0.337 e. The average Bonchev–Trinajstić information content (AvgIpc) is 3.24. The molecule has 0 spiro atoms. The van der Waals surface area contributed by atoms with Gasteiger partial charge in [0.25, 0.3) is 0 Å². The van der Waals surface area contributed by atoms with Gasteiger partial charge in [0.2, 0.25) is 0 Å². The summed E-state index contributed by atoms with van der Waals surface area (Å²) in [5.74, 6) is 1.51. The number of nitrogens with zero attached hydrogens (tertiary/aromatic N) is 4. The van der Waals surface area contributed by atoms with Gasteiger partial charge in [0.1, 0.15) is 11.4 Å². The van der Waals surface area contributed by atoms with E-state index in [2.05, 4.69) is 29.9 Å². The number of imidazole rings is 2. The minimum absolute atomic E-state index is 0.753. The third-order valence-corrected chi connectivity index (χ3v) is 3.90. The Kier molecular flexibility index (Phi) is 2.69. The summed E-state index contributed by atoms with van der Waals surface area (Å²) in [7, 11) is 0. The highest BCUT2D eigenvalue weighted by Crippen LogP contribution is 2.25. The number of aromatic amines is 2. The fourth-order valence-electron chi connectivity index (χ4n) is 2.76. The first-order valence-corrected chi connectivity index (χ1v) is 7.59. The number of rotatable bonds is 2.